The van der Waals surface area contributed by atoms with Crippen LogP contribution in [0.15, 0.2) is 29.3 Å². The molecule has 2 heterocycles. The maximum atomic E-state index is 6.06. The number of guanidine groups is 1. The van der Waals surface area contributed by atoms with Gasteiger partial charge in [-0.3, -0.25) is 9.89 Å². The van der Waals surface area contributed by atoms with Gasteiger partial charge in [-0.25, -0.2) is 0 Å². The first-order valence-corrected chi connectivity index (χ1v) is 11.5. The van der Waals surface area contributed by atoms with Crippen LogP contribution in [-0.4, -0.2) is 62.4 Å². The van der Waals surface area contributed by atoms with E-state index in [2.05, 4.69) is 58.6 Å². The Morgan fingerprint density at radius 1 is 1.13 bits per heavy atom. The van der Waals surface area contributed by atoms with E-state index < -0.39 is 0 Å². The van der Waals surface area contributed by atoms with Gasteiger partial charge in [0.2, 0.25) is 0 Å². The molecule has 31 heavy (non-hydrogen) atoms. The van der Waals surface area contributed by atoms with E-state index in [0.29, 0.717) is 12.7 Å². The number of halogens is 1. The average molecular weight is 545 g/mol. The van der Waals surface area contributed by atoms with Crippen LogP contribution >= 0.6 is 24.0 Å². The Morgan fingerprint density at radius 3 is 2.55 bits per heavy atom. The number of hydrogen-bond acceptors (Lipinski definition) is 4. The number of benzene rings is 1. The predicted octanol–water partition coefficient (Wildman–Crippen LogP) is 3.93. The smallest absolute Gasteiger partial charge is 0.191 e. The molecule has 1 aromatic rings. The van der Waals surface area contributed by atoms with Gasteiger partial charge >= 0.3 is 0 Å². The van der Waals surface area contributed by atoms with Crippen LogP contribution in [0.2, 0.25) is 0 Å². The Balaban J connectivity index is 0.00000341. The van der Waals surface area contributed by atoms with Crippen molar-refractivity contribution in [2.24, 2.45) is 4.99 Å². The third-order valence-electron chi connectivity index (χ3n) is 6.23. The van der Waals surface area contributed by atoms with Crippen LogP contribution in [0.1, 0.15) is 57.1 Å². The number of likely N-dealkylation sites (tertiary alicyclic amines) is 1. The van der Waals surface area contributed by atoms with Gasteiger partial charge in [0.15, 0.2) is 5.96 Å². The second-order valence-corrected chi connectivity index (χ2v) is 9.08. The van der Waals surface area contributed by atoms with Crippen LogP contribution in [0.3, 0.4) is 0 Å². The van der Waals surface area contributed by atoms with Crippen molar-refractivity contribution in [3.05, 3.63) is 35.4 Å². The van der Waals surface area contributed by atoms with Crippen molar-refractivity contribution in [3.8, 4) is 0 Å². The fourth-order valence-corrected chi connectivity index (χ4v) is 4.20. The summed E-state index contributed by atoms with van der Waals surface area (Å²) in [4.78, 5) is 7.01. The van der Waals surface area contributed by atoms with E-state index in [9.17, 15) is 0 Å². The van der Waals surface area contributed by atoms with Crippen molar-refractivity contribution in [1.82, 2.24) is 15.5 Å². The molecule has 7 heteroatoms. The first kappa shape index (κ1) is 26.4. The van der Waals surface area contributed by atoms with Gasteiger partial charge in [-0.05, 0) is 63.7 Å². The number of nitrogens with zero attached hydrogens (tertiary/aromatic N) is 2. The molecule has 2 aliphatic heterocycles. The lowest BCUT2D eigenvalue weighted by Crippen LogP contribution is -2.54. The largest absolute Gasteiger partial charge is 0.381 e. The minimum Gasteiger partial charge on any atom is -0.381 e. The van der Waals surface area contributed by atoms with Crippen LogP contribution in [-0.2, 0) is 22.6 Å². The van der Waals surface area contributed by atoms with E-state index in [1.807, 2.05) is 7.05 Å². The third kappa shape index (κ3) is 8.86. The summed E-state index contributed by atoms with van der Waals surface area (Å²) in [5.74, 6) is 0.851. The molecule has 0 aromatic heterocycles. The van der Waals surface area contributed by atoms with E-state index in [0.717, 1.165) is 45.1 Å². The normalized spacial score (nSPS) is 19.0. The maximum Gasteiger partial charge on any atom is 0.191 e. The van der Waals surface area contributed by atoms with Gasteiger partial charge in [0.25, 0.3) is 0 Å². The zero-order chi connectivity index (χ0) is 21.2. The number of ether oxygens (including phenoxy) is 2. The van der Waals surface area contributed by atoms with Gasteiger partial charge in [-0.2, -0.15) is 0 Å². The summed E-state index contributed by atoms with van der Waals surface area (Å²) in [5, 5.41) is 6.98. The zero-order valence-electron chi connectivity index (χ0n) is 19.5. The van der Waals surface area contributed by atoms with Gasteiger partial charge in [0, 0.05) is 38.9 Å². The average Bonchev–Trinajstić information content (AvgIpc) is 2.79. The molecule has 2 N–H and O–H groups in total. The SMILES string of the molecule is CN=C(NCc1cccc(COC2CCOCC2)c1)NCC(C)(C)N1CCCCC1.I. The minimum atomic E-state index is 0. The number of hydrogen-bond donors (Lipinski definition) is 2. The van der Waals surface area contributed by atoms with Crippen molar-refractivity contribution in [2.45, 2.75) is 70.7 Å². The van der Waals surface area contributed by atoms with E-state index in [-0.39, 0.29) is 29.5 Å². The third-order valence-corrected chi connectivity index (χ3v) is 6.23. The van der Waals surface area contributed by atoms with E-state index in [4.69, 9.17) is 9.47 Å². The van der Waals surface area contributed by atoms with Gasteiger partial charge in [0.1, 0.15) is 0 Å². The van der Waals surface area contributed by atoms with Crippen molar-refractivity contribution >= 4 is 29.9 Å². The first-order chi connectivity index (χ1) is 14.6. The quantitative estimate of drug-likeness (QED) is 0.295. The second kappa shape index (κ2) is 13.6. The van der Waals surface area contributed by atoms with E-state index in [1.165, 1.54) is 43.5 Å². The summed E-state index contributed by atoms with van der Waals surface area (Å²) in [6.07, 6.45) is 6.30. The topological polar surface area (TPSA) is 58.1 Å². The first-order valence-electron chi connectivity index (χ1n) is 11.5. The molecule has 6 nitrogen and oxygen atoms in total. The highest BCUT2D eigenvalue weighted by Crippen LogP contribution is 2.20. The Labute approximate surface area is 205 Å². The van der Waals surface area contributed by atoms with Crippen LogP contribution in [0.4, 0.5) is 0 Å². The molecule has 176 valence electrons. The number of aliphatic imine (C=N–C) groups is 1. The molecule has 0 unspecified atom stereocenters. The van der Waals surface area contributed by atoms with Crippen LogP contribution in [0.5, 0.6) is 0 Å². The molecule has 0 spiro atoms. The predicted molar refractivity (Wildman–Crippen MR) is 138 cm³/mol. The van der Waals surface area contributed by atoms with E-state index in [1.54, 1.807) is 0 Å². The van der Waals surface area contributed by atoms with Crippen molar-refractivity contribution in [2.75, 3.05) is 39.9 Å². The summed E-state index contributed by atoms with van der Waals surface area (Å²) in [5.41, 5.74) is 2.58. The second-order valence-electron chi connectivity index (χ2n) is 9.08. The lowest BCUT2D eigenvalue weighted by Gasteiger charge is -2.41. The molecule has 1 aromatic carbocycles. The lowest BCUT2D eigenvalue weighted by molar-refractivity contribution is -0.0390. The molecule has 0 atom stereocenters. The Bertz CT molecular complexity index is 671. The Morgan fingerprint density at radius 2 is 1.84 bits per heavy atom. The molecule has 0 bridgehead atoms. The van der Waals surface area contributed by atoms with Gasteiger partial charge in [-0.15, -0.1) is 24.0 Å². The highest BCUT2D eigenvalue weighted by atomic mass is 127. The van der Waals surface area contributed by atoms with Crippen molar-refractivity contribution in [1.29, 1.82) is 0 Å². The highest BCUT2D eigenvalue weighted by Gasteiger charge is 2.27. The molecule has 0 radical (unpaired) electrons. The fraction of sp³-hybridized carbons (Fsp3) is 0.708. The number of piperidine rings is 1. The minimum absolute atomic E-state index is 0. The zero-order valence-corrected chi connectivity index (χ0v) is 21.8. The molecule has 0 saturated carbocycles. The monoisotopic (exact) mass is 544 g/mol. The van der Waals surface area contributed by atoms with Gasteiger partial charge in [-0.1, -0.05) is 30.7 Å². The fourth-order valence-electron chi connectivity index (χ4n) is 4.20. The van der Waals surface area contributed by atoms with Crippen LogP contribution < -0.4 is 10.6 Å². The maximum absolute atomic E-state index is 6.06. The van der Waals surface area contributed by atoms with E-state index >= 15 is 0 Å². The lowest BCUT2D eigenvalue weighted by atomic mass is 9.98. The molecule has 0 amide bonds. The Kier molecular flexibility index (Phi) is 11.6. The van der Waals surface area contributed by atoms with Crippen LogP contribution in [0.25, 0.3) is 0 Å². The standard InChI is InChI=1S/C24H40N4O2.HI/c1-24(2,28-12-5-4-6-13-28)19-27-23(25-3)26-17-20-8-7-9-21(16-20)18-30-22-10-14-29-15-11-22;/h7-9,16,22H,4-6,10-15,17-19H2,1-3H3,(H2,25,26,27);1H. The molecule has 3 rings (SSSR count). The van der Waals surface area contributed by atoms with Gasteiger partial charge in [0.05, 0.1) is 12.7 Å². The number of rotatable bonds is 8. The highest BCUT2D eigenvalue weighted by molar-refractivity contribution is 14.0. The van der Waals surface area contributed by atoms with Crippen molar-refractivity contribution in [3.63, 3.8) is 0 Å². The summed E-state index contributed by atoms with van der Waals surface area (Å²) in [6, 6.07) is 8.61. The van der Waals surface area contributed by atoms with Crippen LogP contribution in [0, 0.1) is 0 Å². The summed E-state index contributed by atoms with van der Waals surface area (Å²) in [6.45, 7) is 11.0. The molecule has 2 aliphatic rings. The summed E-state index contributed by atoms with van der Waals surface area (Å²) >= 11 is 0. The summed E-state index contributed by atoms with van der Waals surface area (Å²) in [7, 11) is 1.83. The Hall–Kier alpha value is -0.900. The summed E-state index contributed by atoms with van der Waals surface area (Å²) < 4.78 is 11.5. The molecule has 2 saturated heterocycles. The van der Waals surface area contributed by atoms with Gasteiger partial charge < -0.3 is 20.1 Å². The molecule has 0 aliphatic carbocycles. The number of nitrogens with one attached hydrogen (secondary N) is 2. The molecular weight excluding hydrogens is 503 g/mol. The molecule has 2 fully saturated rings. The van der Waals surface area contributed by atoms with Crippen molar-refractivity contribution < 1.29 is 9.47 Å². The molecular formula is C24H41IN4O2.